The predicted molar refractivity (Wildman–Crippen MR) is 79.0 cm³/mol. The lowest BCUT2D eigenvalue weighted by Crippen LogP contribution is -1.94. The van der Waals surface area contributed by atoms with E-state index in [9.17, 15) is 0 Å². The second kappa shape index (κ2) is 6.67. The van der Waals surface area contributed by atoms with Crippen molar-refractivity contribution in [1.29, 1.82) is 0 Å². The van der Waals surface area contributed by atoms with Crippen LogP contribution < -0.4 is 4.74 Å². The van der Waals surface area contributed by atoms with Crippen molar-refractivity contribution in [2.24, 2.45) is 4.99 Å². The molecule has 0 aliphatic carbocycles. The molecule has 2 nitrogen and oxygen atoms in total. The summed E-state index contributed by atoms with van der Waals surface area (Å²) >= 11 is 4.69. The summed E-state index contributed by atoms with van der Waals surface area (Å²) in [5.74, 6) is 0.804. The lowest BCUT2D eigenvalue weighted by Gasteiger charge is -2.06. The van der Waals surface area contributed by atoms with E-state index in [-0.39, 0.29) is 0 Å². The Balaban J connectivity index is 2.01. The minimum absolute atomic E-state index is 0.557. The highest BCUT2D eigenvalue weighted by atomic mass is 32.1. The van der Waals surface area contributed by atoms with Gasteiger partial charge in [0.05, 0.1) is 5.69 Å². The number of thiocarbonyl (C=S) groups is 1. The van der Waals surface area contributed by atoms with E-state index in [0.717, 1.165) is 17.0 Å². The highest BCUT2D eigenvalue weighted by Gasteiger charge is 1.96. The van der Waals surface area contributed by atoms with Crippen LogP contribution in [0.3, 0.4) is 0 Å². The zero-order valence-corrected chi connectivity index (χ0v) is 10.6. The smallest absolute Gasteiger partial charge is 0.121 e. The van der Waals surface area contributed by atoms with Crippen LogP contribution in [-0.4, -0.2) is 11.6 Å². The van der Waals surface area contributed by atoms with Gasteiger partial charge in [0, 0.05) is 17.6 Å². The SMILES string of the molecule is S=CC=Nc1cccc(OCc2ccccc2)c1. The van der Waals surface area contributed by atoms with Gasteiger partial charge in [0.25, 0.3) is 0 Å². The number of hydrogen-bond acceptors (Lipinski definition) is 3. The van der Waals surface area contributed by atoms with E-state index in [4.69, 9.17) is 17.0 Å². The minimum atomic E-state index is 0.557. The van der Waals surface area contributed by atoms with Gasteiger partial charge in [-0.25, -0.2) is 0 Å². The molecule has 0 aromatic heterocycles. The molecular formula is C15H13NOS. The Morgan fingerprint density at radius 1 is 1.06 bits per heavy atom. The van der Waals surface area contributed by atoms with Gasteiger partial charge in [0.1, 0.15) is 12.4 Å². The van der Waals surface area contributed by atoms with Crippen molar-refractivity contribution in [1.82, 2.24) is 0 Å². The summed E-state index contributed by atoms with van der Waals surface area (Å²) in [6.45, 7) is 0.557. The van der Waals surface area contributed by atoms with E-state index in [1.54, 1.807) is 6.21 Å². The molecule has 2 rings (SSSR count). The van der Waals surface area contributed by atoms with Crippen molar-refractivity contribution >= 4 is 29.5 Å². The Morgan fingerprint density at radius 3 is 2.67 bits per heavy atom. The highest BCUT2D eigenvalue weighted by Crippen LogP contribution is 2.20. The Labute approximate surface area is 112 Å². The van der Waals surface area contributed by atoms with Gasteiger partial charge in [0.15, 0.2) is 0 Å². The molecule has 0 heterocycles. The lowest BCUT2D eigenvalue weighted by atomic mass is 10.2. The second-order valence-corrected chi connectivity index (χ2v) is 3.96. The monoisotopic (exact) mass is 255 g/mol. The van der Waals surface area contributed by atoms with Gasteiger partial charge in [0.2, 0.25) is 0 Å². The number of benzene rings is 2. The van der Waals surface area contributed by atoms with Crippen LogP contribution in [0, 0.1) is 0 Å². The van der Waals surface area contributed by atoms with Crippen molar-refractivity contribution in [3.8, 4) is 5.75 Å². The third-order valence-electron chi connectivity index (χ3n) is 2.35. The summed E-state index contributed by atoms with van der Waals surface area (Å²) in [5.41, 5.74) is 1.98. The Bertz CT molecular complexity index is 537. The largest absolute Gasteiger partial charge is 0.489 e. The normalized spacial score (nSPS) is 10.4. The molecule has 90 valence electrons. The number of aliphatic imine (C=N–C) groups is 1. The van der Waals surface area contributed by atoms with Crippen LogP contribution >= 0.6 is 12.2 Å². The Hall–Kier alpha value is -2.00. The maximum atomic E-state index is 5.70. The fraction of sp³-hybridized carbons (Fsp3) is 0.0667. The summed E-state index contributed by atoms with van der Waals surface area (Å²) in [6.07, 6.45) is 1.59. The van der Waals surface area contributed by atoms with Gasteiger partial charge in [-0.2, -0.15) is 0 Å². The highest BCUT2D eigenvalue weighted by molar-refractivity contribution is 7.80. The number of ether oxygens (including phenoxy) is 1. The standard InChI is InChI=1S/C15H13NOS/c18-10-9-16-14-7-4-8-15(11-14)17-12-13-5-2-1-3-6-13/h1-11H,12H2. The molecule has 0 N–H and O–H groups in total. The van der Waals surface area contributed by atoms with Crippen molar-refractivity contribution in [3.05, 3.63) is 60.2 Å². The van der Waals surface area contributed by atoms with Crippen LogP contribution in [0.1, 0.15) is 5.56 Å². The molecule has 0 bridgehead atoms. The number of rotatable bonds is 5. The molecule has 0 aliphatic heterocycles. The lowest BCUT2D eigenvalue weighted by molar-refractivity contribution is 0.306. The molecule has 0 saturated heterocycles. The van der Waals surface area contributed by atoms with Crippen molar-refractivity contribution in [3.63, 3.8) is 0 Å². The summed E-state index contributed by atoms with van der Waals surface area (Å²) in [4.78, 5) is 4.18. The molecule has 0 atom stereocenters. The van der Waals surface area contributed by atoms with Crippen LogP contribution in [0.15, 0.2) is 59.6 Å². The van der Waals surface area contributed by atoms with Gasteiger partial charge in [-0.3, -0.25) is 4.99 Å². The van der Waals surface area contributed by atoms with Gasteiger partial charge < -0.3 is 4.74 Å². The topological polar surface area (TPSA) is 21.6 Å². The van der Waals surface area contributed by atoms with E-state index in [2.05, 4.69) is 4.99 Å². The quantitative estimate of drug-likeness (QED) is 0.595. The van der Waals surface area contributed by atoms with Crippen molar-refractivity contribution in [2.75, 3.05) is 0 Å². The first-order valence-corrected chi connectivity index (χ1v) is 6.10. The maximum Gasteiger partial charge on any atom is 0.121 e. The molecule has 0 fully saturated rings. The molecule has 18 heavy (non-hydrogen) atoms. The zero-order chi connectivity index (χ0) is 12.6. The van der Waals surface area contributed by atoms with Crippen LogP contribution in [0.25, 0.3) is 0 Å². The fourth-order valence-electron chi connectivity index (χ4n) is 1.51. The molecule has 2 aromatic rings. The first-order valence-electron chi connectivity index (χ1n) is 5.63. The Morgan fingerprint density at radius 2 is 1.89 bits per heavy atom. The Kier molecular flexibility index (Phi) is 4.61. The maximum absolute atomic E-state index is 5.70. The van der Waals surface area contributed by atoms with Gasteiger partial charge in [-0.1, -0.05) is 48.6 Å². The van der Waals surface area contributed by atoms with Crippen LogP contribution in [0.2, 0.25) is 0 Å². The van der Waals surface area contributed by atoms with Crippen molar-refractivity contribution < 1.29 is 4.74 Å². The molecule has 0 spiro atoms. The molecular weight excluding hydrogens is 242 g/mol. The first kappa shape index (κ1) is 12.5. The molecule has 0 amide bonds. The van der Waals surface area contributed by atoms with E-state index in [1.807, 2.05) is 54.6 Å². The van der Waals surface area contributed by atoms with Crippen molar-refractivity contribution in [2.45, 2.75) is 6.61 Å². The molecule has 0 unspecified atom stereocenters. The minimum Gasteiger partial charge on any atom is -0.489 e. The van der Waals surface area contributed by atoms with Gasteiger partial charge in [-0.15, -0.1) is 0 Å². The predicted octanol–water partition coefficient (Wildman–Crippen LogP) is 3.97. The average molecular weight is 255 g/mol. The van der Waals surface area contributed by atoms with Crippen LogP contribution in [0.4, 0.5) is 5.69 Å². The van der Waals surface area contributed by atoms with Gasteiger partial charge in [-0.05, 0) is 17.7 Å². The van der Waals surface area contributed by atoms with Crippen LogP contribution in [-0.2, 0) is 6.61 Å². The van der Waals surface area contributed by atoms with E-state index >= 15 is 0 Å². The second-order valence-electron chi connectivity index (χ2n) is 3.69. The number of nitrogens with zero attached hydrogens (tertiary/aromatic N) is 1. The summed E-state index contributed by atoms with van der Waals surface area (Å²) in [6, 6.07) is 17.7. The van der Waals surface area contributed by atoms with E-state index in [0.29, 0.717) is 6.61 Å². The number of hydrogen-bond donors (Lipinski definition) is 0. The molecule has 2 aromatic carbocycles. The molecule has 3 heteroatoms. The average Bonchev–Trinajstić information content (AvgIpc) is 2.44. The van der Waals surface area contributed by atoms with Gasteiger partial charge >= 0.3 is 0 Å². The van der Waals surface area contributed by atoms with E-state index < -0.39 is 0 Å². The van der Waals surface area contributed by atoms with Crippen LogP contribution in [0.5, 0.6) is 5.75 Å². The molecule has 0 radical (unpaired) electrons. The third-order valence-corrected chi connectivity index (χ3v) is 2.47. The summed E-state index contributed by atoms with van der Waals surface area (Å²) < 4.78 is 5.70. The fourth-order valence-corrected chi connectivity index (χ4v) is 1.57. The summed E-state index contributed by atoms with van der Waals surface area (Å²) in [5, 5.41) is 1.48. The third kappa shape index (κ3) is 3.79. The first-order chi connectivity index (χ1) is 8.88. The molecule has 0 aliphatic rings. The summed E-state index contributed by atoms with van der Waals surface area (Å²) in [7, 11) is 0. The molecule has 0 saturated carbocycles. The zero-order valence-electron chi connectivity index (χ0n) is 9.82. The van der Waals surface area contributed by atoms with E-state index in [1.165, 1.54) is 5.37 Å².